The van der Waals surface area contributed by atoms with E-state index in [-0.39, 0.29) is 18.6 Å². The average Bonchev–Trinajstić information content (AvgIpc) is 2.96. The highest BCUT2D eigenvalue weighted by atomic mass is 16.5. The lowest BCUT2D eigenvalue weighted by atomic mass is 10.1. The highest BCUT2D eigenvalue weighted by molar-refractivity contribution is 6.01. The van der Waals surface area contributed by atoms with E-state index in [9.17, 15) is 4.79 Å². The number of esters is 1. The zero-order valence-electron chi connectivity index (χ0n) is 13.8. The summed E-state index contributed by atoms with van der Waals surface area (Å²) < 4.78 is 7.39. The Morgan fingerprint density at radius 1 is 1.39 bits per heavy atom. The van der Waals surface area contributed by atoms with Crippen molar-refractivity contribution in [2.75, 3.05) is 31.2 Å². The summed E-state index contributed by atoms with van der Waals surface area (Å²) in [6, 6.07) is 8.34. The van der Waals surface area contributed by atoms with E-state index < -0.39 is 0 Å². The van der Waals surface area contributed by atoms with E-state index in [0.29, 0.717) is 12.3 Å². The summed E-state index contributed by atoms with van der Waals surface area (Å²) in [7, 11) is 0. The largest absolute Gasteiger partial charge is 0.461 e. The third-order valence-electron chi connectivity index (χ3n) is 4.52. The highest BCUT2D eigenvalue weighted by Gasteiger charge is 2.29. The first-order valence-corrected chi connectivity index (χ1v) is 8.38. The van der Waals surface area contributed by atoms with Gasteiger partial charge in [0, 0.05) is 25.1 Å². The summed E-state index contributed by atoms with van der Waals surface area (Å²) in [5.41, 5.74) is 2.88. The van der Waals surface area contributed by atoms with Crippen molar-refractivity contribution in [2.45, 2.75) is 32.7 Å². The Morgan fingerprint density at radius 2 is 2.22 bits per heavy atom. The number of rotatable bonds is 6. The maximum absolute atomic E-state index is 12.4. The number of carbonyl (C=O) groups is 1. The molecule has 0 saturated carbocycles. The van der Waals surface area contributed by atoms with Gasteiger partial charge in [0.25, 0.3) is 0 Å². The van der Waals surface area contributed by atoms with E-state index >= 15 is 0 Å². The van der Waals surface area contributed by atoms with Crippen molar-refractivity contribution in [3.63, 3.8) is 0 Å². The van der Waals surface area contributed by atoms with Crippen LogP contribution in [0.3, 0.4) is 0 Å². The van der Waals surface area contributed by atoms with Crippen LogP contribution in [-0.4, -0.2) is 41.9 Å². The summed E-state index contributed by atoms with van der Waals surface area (Å²) in [5.74, 6) is -0.253. The second kappa shape index (κ2) is 6.62. The molecular formula is C18H24N2O3. The van der Waals surface area contributed by atoms with Gasteiger partial charge >= 0.3 is 5.97 Å². The van der Waals surface area contributed by atoms with E-state index in [0.717, 1.165) is 42.5 Å². The molecule has 0 fully saturated rings. The Labute approximate surface area is 136 Å². The maximum Gasteiger partial charge on any atom is 0.354 e. The molecule has 3 rings (SSSR count). The van der Waals surface area contributed by atoms with Gasteiger partial charge in [-0.1, -0.05) is 19.1 Å². The van der Waals surface area contributed by atoms with Crippen molar-refractivity contribution in [1.82, 2.24) is 4.57 Å². The Morgan fingerprint density at radius 3 is 2.91 bits per heavy atom. The molecule has 2 aromatic rings. The van der Waals surface area contributed by atoms with E-state index in [1.165, 1.54) is 0 Å². The number of aliphatic hydroxyl groups is 1. The van der Waals surface area contributed by atoms with Crippen LogP contribution in [0, 0.1) is 0 Å². The van der Waals surface area contributed by atoms with Gasteiger partial charge in [-0.3, -0.25) is 0 Å². The van der Waals surface area contributed by atoms with Crippen molar-refractivity contribution < 1.29 is 14.6 Å². The predicted octanol–water partition coefficient (Wildman–Crippen LogP) is 2.97. The number of aromatic nitrogens is 1. The van der Waals surface area contributed by atoms with Gasteiger partial charge in [0.15, 0.2) is 0 Å². The number of hydrogen-bond donors (Lipinski definition) is 1. The number of aliphatic hydroxyl groups excluding tert-OH is 1. The Balaban J connectivity index is 2.14. The van der Waals surface area contributed by atoms with Gasteiger partial charge in [0.2, 0.25) is 0 Å². The van der Waals surface area contributed by atoms with Gasteiger partial charge in [-0.25, -0.2) is 4.79 Å². The molecule has 1 atom stereocenters. The summed E-state index contributed by atoms with van der Waals surface area (Å²) in [5, 5.41) is 10.2. The minimum atomic E-state index is -0.253. The summed E-state index contributed by atoms with van der Waals surface area (Å²) in [4.78, 5) is 14.7. The SMILES string of the molecule is CCOC(=O)c1cc2cccc3c2n1C(CC)CN3CCCO. The Kier molecular flexibility index (Phi) is 4.57. The third kappa shape index (κ3) is 2.70. The lowest BCUT2D eigenvalue weighted by Crippen LogP contribution is -2.37. The van der Waals surface area contributed by atoms with Crippen LogP contribution in [0.5, 0.6) is 0 Å². The van der Waals surface area contributed by atoms with Gasteiger partial charge in [0.1, 0.15) is 5.69 Å². The fraction of sp³-hybridized carbons (Fsp3) is 0.500. The van der Waals surface area contributed by atoms with Crippen LogP contribution in [0.4, 0.5) is 5.69 Å². The topological polar surface area (TPSA) is 54.7 Å². The molecule has 5 nitrogen and oxygen atoms in total. The second-order valence-electron chi connectivity index (χ2n) is 5.92. The number of carbonyl (C=O) groups excluding carboxylic acids is 1. The van der Waals surface area contributed by atoms with Gasteiger partial charge in [-0.15, -0.1) is 0 Å². The molecule has 0 spiro atoms. The molecule has 124 valence electrons. The van der Waals surface area contributed by atoms with Crippen molar-refractivity contribution >= 4 is 22.6 Å². The van der Waals surface area contributed by atoms with Gasteiger partial charge in [-0.05, 0) is 31.9 Å². The van der Waals surface area contributed by atoms with Crippen molar-refractivity contribution in [2.24, 2.45) is 0 Å². The molecule has 5 heteroatoms. The molecule has 1 aliphatic heterocycles. The molecule has 1 N–H and O–H groups in total. The fourth-order valence-corrected chi connectivity index (χ4v) is 3.48. The molecule has 2 heterocycles. The number of para-hydroxylation sites is 1. The highest BCUT2D eigenvalue weighted by Crippen LogP contribution is 2.38. The van der Waals surface area contributed by atoms with Crippen molar-refractivity contribution in [3.8, 4) is 0 Å². The predicted molar refractivity (Wildman–Crippen MR) is 91.1 cm³/mol. The minimum absolute atomic E-state index is 0.193. The first-order valence-electron chi connectivity index (χ1n) is 8.38. The second-order valence-corrected chi connectivity index (χ2v) is 5.92. The van der Waals surface area contributed by atoms with Crippen LogP contribution in [0.15, 0.2) is 24.3 Å². The molecule has 23 heavy (non-hydrogen) atoms. The molecule has 1 aliphatic rings. The lowest BCUT2D eigenvalue weighted by Gasteiger charge is -2.36. The summed E-state index contributed by atoms with van der Waals surface area (Å²) in [6.45, 7) is 6.22. The van der Waals surface area contributed by atoms with Gasteiger partial charge < -0.3 is 19.3 Å². The van der Waals surface area contributed by atoms with E-state index in [4.69, 9.17) is 9.84 Å². The zero-order valence-corrected chi connectivity index (χ0v) is 13.8. The van der Waals surface area contributed by atoms with Crippen LogP contribution < -0.4 is 4.90 Å². The number of nitrogens with zero attached hydrogens (tertiary/aromatic N) is 2. The molecule has 1 aromatic heterocycles. The van der Waals surface area contributed by atoms with Crippen LogP contribution in [-0.2, 0) is 4.74 Å². The first-order chi connectivity index (χ1) is 11.2. The minimum Gasteiger partial charge on any atom is -0.461 e. The molecule has 0 bridgehead atoms. The standard InChI is InChI=1S/C18H24N2O3/c1-3-14-12-19(9-6-10-21)15-8-5-7-13-11-16(18(22)23-4-2)20(14)17(13)15/h5,7-8,11,14,21H,3-4,6,9-10,12H2,1-2H3. The molecule has 0 aliphatic carbocycles. The average molecular weight is 316 g/mol. The third-order valence-corrected chi connectivity index (χ3v) is 4.52. The smallest absolute Gasteiger partial charge is 0.354 e. The van der Waals surface area contributed by atoms with E-state index in [1.807, 2.05) is 25.1 Å². The Hall–Kier alpha value is -2.01. The number of benzene rings is 1. The van der Waals surface area contributed by atoms with Crippen LogP contribution in [0.2, 0.25) is 0 Å². The number of ether oxygens (including phenoxy) is 1. The molecule has 0 amide bonds. The maximum atomic E-state index is 12.4. The van der Waals surface area contributed by atoms with Crippen LogP contribution in [0.25, 0.3) is 10.9 Å². The lowest BCUT2D eigenvalue weighted by molar-refractivity contribution is 0.0511. The molecule has 1 aromatic carbocycles. The quantitative estimate of drug-likeness (QED) is 0.833. The van der Waals surface area contributed by atoms with Crippen molar-refractivity contribution in [1.29, 1.82) is 0 Å². The summed E-state index contributed by atoms with van der Waals surface area (Å²) in [6.07, 6.45) is 1.69. The molecular weight excluding hydrogens is 292 g/mol. The van der Waals surface area contributed by atoms with Crippen LogP contribution in [0.1, 0.15) is 43.2 Å². The van der Waals surface area contributed by atoms with Crippen LogP contribution >= 0.6 is 0 Å². The fourth-order valence-electron chi connectivity index (χ4n) is 3.48. The monoisotopic (exact) mass is 316 g/mol. The first kappa shape index (κ1) is 15.9. The molecule has 1 unspecified atom stereocenters. The van der Waals surface area contributed by atoms with Gasteiger partial charge in [-0.2, -0.15) is 0 Å². The Bertz CT molecular complexity index is 708. The summed E-state index contributed by atoms with van der Waals surface area (Å²) >= 11 is 0. The molecule has 0 saturated heterocycles. The zero-order chi connectivity index (χ0) is 16.4. The molecule has 0 radical (unpaired) electrons. The normalized spacial score (nSPS) is 16.8. The van der Waals surface area contributed by atoms with E-state index in [1.54, 1.807) is 0 Å². The van der Waals surface area contributed by atoms with Crippen molar-refractivity contribution in [3.05, 3.63) is 30.0 Å². The number of anilines is 1. The van der Waals surface area contributed by atoms with Gasteiger partial charge in [0.05, 0.1) is 23.9 Å². The number of hydrogen-bond acceptors (Lipinski definition) is 4. The van der Waals surface area contributed by atoms with E-state index in [2.05, 4.69) is 22.5 Å².